The van der Waals surface area contributed by atoms with E-state index in [1.54, 1.807) is 0 Å². The van der Waals surface area contributed by atoms with E-state index in [2.05, 4.69) is 4.98 Å². The van der Waals surface area contributed by atoms with Gasteiger partial charge in [0, 0.05) is 11.1 Å². The number of hydrogen-bond donors (Lipinski definition) is 0. The minimum absolute atomic E-state index is 0.210. The van der Waals surface area contributed by atoms with Gasteiger partial charge in [-0.1, -0.05) is 24.3 Å². The summed E-state index contributed by atoms with van der Waals surface area (Å²) in [6.45, 7) is 0. The van der Waals surface area contributed by atoms with Crippen molar-refractivity contribution >= 4 is 0 Å². The molecule has 0 amide bonds. The Bertz CT molecular complexity index is 1030. The number of hydrogen-bond acceptors (Lipinski definition) is 1. The molecule has 0 saturated carbocycles. The Kier molecular flexibility index (Phi) is 5.49. The van der Waals surface area contributed by atoms with Gasteiger partial charge in [0.15, 0.2) is 5.82 Å². The van der Waals surface area contributed by atoms with Crippen molar-refractivity contribution in [3.8, 4) is 22.4 Å². The van der Waals surface area contributed by atoms with Crippen LogP contribution in [0.4, 0.5) is 43.9 Å². The Balaban J connectivity index is 2.29. The molecule has 0 radical (unpaired) electrons. The van der Waals surface area contributed by atoms with E-state index in [9.17, 15) is 39.5 Å². The van der Waals surface area contributed by atoms with Gasteiger partial charge in [0.1, 0.15) is 11.4 Å². The predicted molar refractivity (Wildman–Crippen MR) is 90.1 cm³/mol. The molecule has 0 aliphatic heterocycles. The SMILES string of the molecule is Fc1c(-c2cccc(C(F)(F)F)c2)cc(C(F)(F)F)nc1-c1cccc(C(F)(F)F)c1. The van der Waals surface area contributed by atoms with Gasteiger partial charge in [-0.2, -0.15) is 39.5 Å². The van der Waals surface area contributed by atoms with E-state index in [1.807, 2.05) is 0 Å². The van der Waals surface area contributed by atoms with Gasteiger partial charge in [-0.05, 0) is 35.9 Å². The second-order valence-corrected chi connectivity index (χ2v) is 6.37. The van der Waals surface area contributed by atoms with Crippen LogP contribution in [-0.4, -0.2) is 4.98 Å². The van der Waals surface area contributed by atoms with E-state index < -0.39 is 63.6 Å². The van der Waals surface area contributed by atoms with Gasteiger partial charge >= 0.3 is 18.5 Å². The van der Waals surface area contributed by atoms with Crippen molar-refractivity contribution in [3.05, 3.63) is 77.2 Å². The van der Waals surface area contributed by atoms with E-state index >= 15 is 4.39 Å². The van der Waals surface area contributed by atoms with Crippen LogP contribution in [0.25, 0.3) is 22.4 Å². The third-order valence-electron chi connectivity index (χ3n) is 4.21. The lowest BCUT2D eigenvalue weighted by atomic mass is 9.98. The van der Waals surface area contributed by atoms with Gasteiger partial charge in [0.05, 0.1) is 11.1 Å². The summed E-state index contributed by atoms with van der Waals surface area (Å²) >= 11 is 0. The number of benzene rings is 2. The molecule has 1 nitrogen and oxygen atoms in total. The van der Waals surface area contributed by atoms with Gasteiger partial charge in [-0.3, -0.25) is 0 Å². The first-order valence-corrected chi connectivity index (χ1v) is 8.31. The summed E-state index contributed by atoms with van der Waals surface area (Å²) in [5, 5.41) is 0. The Labute approximate surface area is 168 Å². The van der Waals surface area contributed by atoms with Crippen molar-refractivity contribution in [1.29, 1.82) is 0 Å². The smallest absolute Gasteiger partial charge is 0.240 e. The molecule has 0 fully saturated rings. The molecular weight excluding hydrogens is 444 g/mol. The molecule has 1 aromatic heterocycles. The van der Waals surface area contributed by atoms with Crippen LogP contribution < -0.4 is 0 Å². The molecule has 3 rings (SSSR count). The zero-order valence-electron chi connectivity index (χ0n) is 14.9. The number of nitrogens with zero attached hydrogens (tertiary/aromatic N) is 1. The van der Waals surface area contributed by atoms with Crippen molar-refractivity contribution in [2.75, 3.05) is 0 Å². The van der Waals surface area contributed by atoms with Gasteiger partial charge in [0.2, 0.25) is 0 Å². The molecule has 0 saturated heterocycles. The normalized spacial score (nSPS) is 12.8. The van der Waals surface area contributed by atoms with Crippen LogP contribution in [0.5, 0.6) is 0 Å². The first-order valence-electron chi connectivity index (χ1n) is 8.31. The zero-order chi connectivity index (χ0) is 23.2. The van der Waals surface area contributed by atoms with E-state index in [4.69, 9.17) is 0 Å². The topological polar surface area (TPSA) is 12.9 Å². The van der Waals surface area contributed by atoms with Crippen LogP contribution in [0.2, 0.25) is 0 Å². The highest BCUT2D eigenvalue weighted by Crippen LogP contribution is 2.39. The monoisotopic (exact) mass is 453 g/mol. The van der Waals surface area contributed by atoms with E-state index in [-0.39, 0.29) is 6.07 Å². The molecular formula is C20H9F10N. The van der Waals surface area contributed by atoms with Crippen LogP contribution in [0.15, 0.2) is 54.6 Å². The number of pyridine rings is 1. The molecule has 0 atom stereocenters. The summed E-state index contributed by atoms with van der Waals surface area (Å²) in [6, 6.07) is 5.90. The minimum atomic E-state index is -5.14. The molecule has 0 aliphatic rings. The average Bonchev–Trinajstić information content (AvgIpc) is 2.66. The molecule has 0 unspecified atom stereocenters. The highest BCUT2D eigenvalue weighted by atomic mass is 19.4. The zero-order valence-corrected chi connectivity index (χ0v) is 14.9. The fraction of sp³-hybridized carbons (Fsp3) is 0.150. The molecule has 0 spiro atoms. The van der Waals surface area contributed by atoms with E-state index in [1.165, 1.54) is 0 Å². The van der Waals surface area contributed by atoms with Crippen molar-refractivity contribution in [2.24, 2.45) is 0 Å². The molecule has 0 aliphatic carbocycles. The maximum Gasteiger partial charge on any atom is 0.433 e. The maximum absolute atomic E-state index is 15.1. The van der Waals surface area contributed by atoms with Gasteiger partial charge in [-0.25, -0.2) is 9.37 Å². The summed E-state index contributed by atoms with van der Waals surface area (Å²) in [5.41, 5.74) is -7.30. The third kappa shape index (κ3) is 4.80. The largest absolute Gasteiger partial charge is 0.433 e. The van der Waals surface area contributed by atoms with Crippen LogP contribution in [0.3, 0.4) is 0 Å². The fourth-order valence-electron chi connectivity index (χ4n) is 2.78. The van der Waals surface area contributed by atoms with Crippen LogP contribution in [0, 0.1) is 5.82 Å². The summed E-state index contributed by atoms with van der Waals surface area (Å²) in [4.78, 5) is 3.10. The van der Waals surface area contributed by atoms with Crippen LogP contribution in [0.1, 0.15) is 16.8 Å². The van der Waals surface area contributed by atoms with Crippen molar-refractivity contribution in [1.82, 2.24) is 4.98 Å². The standard InChI is InChI=1S/C20H9F10N/c21-16-14(10-3-1-5-12(7-10)18(22,23)24)9-15(20(28,29)30)31-17(16)11-4-2-6-13(8-11)19(25,26)27/h1-9H. The summed E-state index contributed by atoms with van der Waals surface area (Å²) in [6.07, 6.45) is -14.9. The van der Waals surface area contributed by atoms with E-state index in [0.29, 0.717) is 24.3 Å². The molecule has 3 aromatic rings. The van der Waals surface area contributed by atoms with E-state index in [0.717, 1.165) is 24.3 Å². The number of aromatic nitrogens is 1. The van der Waals surface area contributed by atoms with Crippen molar-refractivity contribution < 1.29 is 43.9 Å². The summed E-state index contributed by atoms with van der Waals surface area (Å²) in [5.74, 6) is -1.49. The lowest BCUT2D eigenvalue weighted by molar-refractivity contribution is -0.141. The first-order chi connectivity index (χ1) is 14.2. The van der Waals surface area contributed by atoms with Crippen molar-refractivity contribution in [2.45, 2.75) is 18.5 Å². The Hall–Kier alpha value is -3.11. The Morgan fingerprint density at radius 2 is 1.06 bits per heavy atom. The minimum Gasteiger partial charge on any atom is -0.240 e. The van der Waals surface area contributed by atoms with Gasteiger partial charge < -0.3 is 0 Å². The summed E-state index contributed by atoms with van der Waals surface area (Å²) in [7, 11) is 0. The summed E-state index contributed by atoms with van der Waals surface area (Å²) < 4.78 is 133. The highest BCUT2D eigenvalue weighted by molar-refractivity contribution is 5.73. The maximum atomic E-state index is 15.1. The molecule has 2 aromatic carbocycles. The molecule has 0 bridgehead atoms. The quantitative estimate of drug-likeness (QED) is 0.364. The van der Waals surface area contributed by atoms with Crippen LogP contribution in [-0.2, 0) is 18.5 Å². The van der Waals surface area contributed by atoms with Crippen LogP contribution >= 0.6 is 0 Å². The number of halogens is 10. The van der Waals surface area contributed by atoms with Gasteiger partial charge in [0.25, 0.3) is 0 Å². The third-order valence-corrected chi connectivity index (χ3v) is 4.21. The second kappa shape index (κ2) is 7.54. The average molecular weight is 453 g/mol. The lowest BCUT2D eigenvalue weighted by Crippen LogP contribution is -2.11. The molecule has 0 N–H and O–H groups in total. The second-order valence-electron chi connectivity index (χ2n) is 6.37. The Morgan fingerprint density at radius 1 is 0.581 bits per heavy atom. The molecule has 164 valence electrons. The van der Waals surface area contributed by atoms with Crippen molar-refractivity contribution in [3.63, 3.8) is 0 Å². The molecule has 31 heavy (non-hydrogen) atoms. The lowest BCUT2D eigenvalue weighted by Gasteiger charge is -2.15. The molecule has 11 heteroatoms. The Morgan fingerprint density at radius 3 is 1.55 bits per heavy atom. The van der Waals surface area contributed by atoms with Gasteiger partial charge in [-0.15, -0.1) is 0 Å². The predicted octanol–water partition coefficient (Wildman–Crippen LogP) is 7.61. The molecule has 1 heterocycles. The highest BCUT2D eigenvalue weighted by Gasteiger charge is 2.36. The number of rotatable bonds is 2. The number of alkyl halides is 9. The fourth-order valence-corrected chi connectivity index (χ4v) is 2.78. The first kappa shape index (κ1) is 22.6.